The summed E-state index contributed by atoms with van der Waals surface area (Å²) in [5, 5.41) is 14.8. The van der Waals surface area contributed by atoms with Gasteiger partial charge in [0.05, 0.1) is 0 Å². The topological polar surface area (TPSA) is 101 Å². The number of rotatable bonds is 1. The largest absolute Gasteiger partial charge is 0.483 e. The maximum absolute atomic E-state index is 9.57. The lowest BCUT2D eigenvalue weighted by Crippen LogP contribution is -2.25. The Morgan fingerprint density at radius 1 is 1.70 bits per heavy atom. The second-order valence-corrected chi connectivity index (χ2v) is 1.23. The molecule has 1 atom stereocenters. The lowest BCUT2D eigenvalue weighted by molar-refractivity contribution is -0.138. The van der Waals surface area contributed by atoms with Crippen molar-refractivity contribution in [3.8, 4) is 0 Å². The second-order valence-electron chi connectivity index (χ2n) is 1.23. The molecule has 0 saturated carbocycles. The van der Waals surface area contributed by atoms with Gasteiger partial charge < -0.3 is 15.9 Å². The van der Waals surface area contributed by atoms with E-state index in [1.54, 1.807) is 0 Å². The fourth-order valence-electron chi connectivity index (χ4n) is 0. The third kappa shape index (κ3) is 28.6. The molecule has 0 spiro atoms. The predicted octanol–water partition coefficient (Wildman–Crippen LogP) is -0.245. The fourth-order valence-corrected chi connectivity index (χ4v) is 0. The van der Waals surface area contributed by atoms with Crippen LogP contribution in [0.2, 0.25) is 0 Å². The number of aliphatic carboxylic acids is 1. The zero-order valence-electron chi connectivity index (χ0n) is 4.94. The molecule has 10 heavy (non-hydrogen) atoms. The number of hydrogen-bond acceptors (Lipinski definition) is 3. The molecule has 0 bridgehead atoms. The second kappa shape index (κ2) is 10.8. The van der Waals surface area contributed by atoms with E-state index in [-0.39, 0.29) is 13.9 Å². The van der Waals surface area contributed by atoms with Crippen LogP contribution in [0.5, 0.6) is 0 Å². The van der Waals surface area contributed by atoms with Gasteiger partial charge in [0.15, 0.2) is 0 Å². The number of carboxylic acid groups (broad SMARTS) is 2. The molecule has 0 aliphatic carbocycles. The van der Waals surface area contributed by atoms with Crippen molar-refractivity contribution in [3.05, 3.63) is 0 Å². The average molecular weight is 151 g/mol. The van der Waals surface area contributed by atoms with Gasteiger partial charge in [-0.2, -0.15) is 0 Å². The molecule has 0 aromatic rings. The molecule has 0 radical (unpaired) electrons. The first-order valence-electron chi connectivity index (χ1n) is 2.12. The Labute approximate surface area is 59.5 Å². The van der Waals surface area contributed by atoms with Crippen molar-refractivity contribution in [1.82, 2.24) is 0 Å². The van der Waals surface area contributed by atoms with Gasteiger partial charge in [-0.15, -0.1) is 0 Å². The number of carbonyl (C=O) groups is 2. The van der Waals surface area contributed by atoms with E-state index in [2.05, 4.69) is 0 Å². The van der Waals surface area contributed by atoms with Crippen LogP contribution in [0.25, 0.3) is 0 Å². The van der Waals surface area contributed by atoms with Crippen molar-refractivity contribution < 1.29 is 19.8 Å². The Bertz CT molecular complexity index is 91.6. The molecule has 5 nitrogen and oxygen atoms in total. The first-order valence-corrected chi connectivity index (χ1v) is 2.12. The van der Waals surface area contributed by atoms with Crippen LogP contribution in [-0.2, 0) is 9.59 Å². The van der Waals surface area contributed by atoms with Gasteiger partial charge in [-0.05, 0) is 6.92 Å². The van der Waals surface area contributed by atoms with Crippen LogP contribution in [0.15, 0.2) is 0 Å². The zero-order chi connectivity index (χ0) is 7.86. The van der Waals surface area contributed by atoms with E-state index in [1.165, 1.54) is 6.92 Å². The quantitative estimate of drug-likeness (QED) is 0.449. The molecule has 1 unspecified atom stereocenters. The van der Waals surface area contributed by atoms with E-state index >= 15 is 0 Å². The van der Waals surface area contributed by atoms with Gasteiger partial charge >= 0.3 is 5.97 Å². The minimum atomic E-state index is -0.963. The summed E-state index contributed by atoms with van der Waals surface area (Å²) in [4.78, 5) is 17.9. The van der Waals surface area contributed by atoms with Crippen molar-refractivity contribution in [2.24, 2.45) is 5.73 Å². The van der Waals surface area contributed by atoms with E-state index in [1.807, 2.05) is 0 Å². The minimum Gasteiger partial charge on any atom is -0.483 e. The van der Waals surface area contributed by atoms with Crippen LogP contribution in [-0.4, -0.2) is 28.7 Å². The van der Waals surface area contributed by atoms with Crippen LogP contribution >= 0.6 is 0 Å². The van der Waals surface area contributed by atoms with E-state index in [0.717, 1.165) is 0 Å². The van der Waals surface area contributed by atoms with Crippen molar-refractivity contribution in [2.75, 3.05) is 0 Å². The Hall–Kier alpha value is -1.10. The monoisotopic (exact) mass is 151 g/mol. The smallest absolute Gasteiger partial charge is 0.320 e. The summed E-state index contributed by atoms with van der Waals surface area (Å²) in [6.45, 7) is 1.17. The first-order chi connectivity index (χ1) is 4.06. The van der Waals surface area contributed by atoms with E-state index in [4.69, 9.17) is 20.7 Å². The van der Waals surface area contributed by atoms with Crippen LogP contribution in [0.1, 0.15) is 14.4 Å². The number of hydrogen-bond donors (Lipinski definition) is 3. The van der Waals surface area contributed by atoms with Gasteiger partial charge in [0.1, 0.15) is 6.04 Å². The summed E-state index contributed by atoms with van der Waals surface area (Å²) in [5.41, 5.74) is 4.84. The first kappa shape index (κ1) is 16.0. The van der Waals surface area contributed by atoms with Gasteiger partial charge in [-0.25, -0.2) is 0 Å². The molecule has 4 N–H and O–H groups in total. The highest BCUT2D eigenvalue weighted by Crippen LogP contribution is 1.68. The summed E-state index contributed by atoms with van der Waals surface area (Å²) in [6, 6.07) is -0.731. The molecule has 0 aliphatic heterocycles. The number of nitrogens with two attached hydrogens (primary N) is 1. The summed E-state index contributed by atoms with van der Waals surface area (Å²) < 4.78 is 0. The SMILES string of the molecule is C.CC(N)C(=O)O.O=CO. The molecule has 0 aliphatic rings. The summed E-state index contributed by atoms with van der Waals surface area (Å²) in [6.07, 6.45) is 0. The Morgan fingerprint density at radius 3 is 1.80 bits per heavy atom. The summed E-state index contributed by atoms with van der Waals surface area (Å²) in [5.74, 6) is -0.963. The number of carboxylic acids is 1. The standard InChI is InChI=1S/C3H7NO2.CH2O2.CH4/c1-2(4)3(5)6;2-1-3;/h2H,4H2,1H3,(H,5,6);1H,(H,2,3);1H4. The lowest BCUT2D eigenvalue weighted by atomic mass is 10.4. The Morgan fingerprint density at radius 2 is 1.80 bits per heavy atom. The lowest BCUT2D eigenvalue weighted by Gasteiger charge is -1.90. The predicted molar refractivity (Wildman–Crippen MR) is 36.7 cm³/mol. The molecule has 0 aromatic heterocycles. The van der Waals surface area contributed by atoms with Crippen LogP contribution in [0, 0.1) is 0 Å². The summed E-state index contributed by atoms with van der Waals surface area (Å²) in [7, 11) is 0. The summed E-state index contributed by atoms with van der Waals surface area (Å²) >= 11 is 0. The Kier molecular flexibility index (Phi) is 17.2. The van der Waals surface area contributed by atoms with Crippen molar-refractivity contribution in [3.63, 3.8) is 0 Å². The van der Waals surface area contributed by atoms with Gasteiger partial charge in [0.2, 0.25) is 0 Å². The van der Waals surface area contributed by atoms with Crippen molar-refractivity contribution in [2.45, 2.75) is 20.4 Å². The van der Waals surface area contributed by atoms with Crippen LogP contribution in [0.4, 0.5) is 0 Å². The minimum absolute atomic E-state index is 0. The Balaban J connectivity index is -0.000000107. The zero-order valence-corrected chi connectivity index (χ0v) is 4.94. The van der Waals surface area contributed by atoms with Gasteiger partial charge in [0.25, 0.3) is 6.47 Å². The van der Waals surface area contributed by atoms with Gasteiger partial charge in [-0.1, -0.05) is 7.43 Å². The third-order valence-electron chi connectivity index (χ3n) is 0.390. The maximum atomic E-state index is 9.57. The third-order valence-corrected chi connectivity index (χ3v) is 0.390. The van der Waals surface area contributed by atoms with Crippen LogP contribution < -0.4 is 5.73 Å². The molecule has 0 rings (SSSR count). The van der Waals surface area contributed by atoms with Crippen LogP contribution in [0.3, 0.4) is 0 Å². The van der Waals surface area contributed by atoms with Gasteiger partial charge in [0, 0.05) is 0 Å². The molecule has 0 saturated heterocycles. The van der Waals surface area contributed by atoms with Crippen molar-refractivity contribution in [1.29, 1.82) is 0 Å². The molecular formula is C5H13NO4. The molecule has 0 amide bonds. The molecule has 5 heteroatoms. The molecule has 0 heterocycles. The normalized spacial score (nSPS) is 9.40. The van der Waals surface area contributed by atoms with E-state index < -0.39 is 12.0 Å². The highest BCUT2D eigenvalue weighted by atomic mass is 16.4. The van der Waals surface area contributed by atoms with E-state index in [9.17, 15) is 4.79 Å². The molecule has 62 valence electrons. The highest BCUT2D eigenvalue weighted by Gasteiger charge is 1.99. The molecule has 0 fully saturated rings. The van der Waals surface area contributed by atoms with Gasteiger partial charge in [-0.3, -0.25) is 9.59 Å². The van der Waals surface area contributed by atoms with E-state index in [0.29, 0.717) is 0 Å². The maximum Gasteiger partial charge on any atom is 0.320 e. The average Bonchev–Trinajstić information content (AvgIpc) is 1.68. The molecule has 0 aromatic carbocycles. The highest BCUT2D eigenvalue weighted by molar-refractivity contribution is 5.72. The fraction of sp³-hybridized carbons (Fsp3) is 0.600. The molecular weight excluding hydrogens is 138 g/mol. The van der Waals surface area contributed by atoms with Crippen molar-refractivity contribution >= 4 is 12.4 Å².